The van der Waals surface area contributed by atoms with Crippen LogP contribution in [0.1, 0.15) is 17.5 Å². The zero-order chi connectivity index (χ0) is 21.9. The number of aromatic amines is 1. The highest BCUT2D eigenvalue weighted by Gasteiger charge is 2.29. The van der Waals surface area contributed by atoms with Crippen LogP contribution in [0.2, 0.25) is 0 Å². The summed E-state index contributed by atoms with van der Waals surface area (Å²) in [5.41, 5.74) is 0.112. The third kappa shape index (κ3) is 5.27. The molecule has 0 aliphatic carbocycles. The lowest BCUT2D eigenvalue weighted by Gasteiger charge is -2.09. The minimum atomic E-state index is -4.43. The van der Waals surface area contributed by atoms with Crippen LogP contribution in [-0.4, -0.2) is 25.9 Å². The molecule has 1 aromatic heterocycles. The maximum atomic E-state index is 12.5. The number of fused-ring (bicyclic) bond motifs is 1. The number of oxazole rings is 1. The van der Waals surface area contributed by atoms with E-state index in [9.17, 15) is 31.2 Å². The number of hydrogen-bond donors (Lipinski definition) is 3. The van der Waals surface area contributed by atoms with Crippen molar-refractivity contribution in [3.8, 4) is 0 Å². The Morgan fingerprint density at radius 1 is 1.10 bits per heavy atom. The lowest BCUT2D eigenvalue weighted by molar-refractivity contribution is -0.137. The van der Waals surface area contributed by atoms with Gasteiger partial charge >= 0.3 is 11.9 Å². The highest BCUT2D eigenvalue weighted by molar-refractivity contribution is 7.89. The lowest BCUT2D eigenvalue weighted by Crippen LogP contribution is -2.30. The summed E-state index contributed by atoms with van der Waals surface area (Å²) < 4.78 is 69.2. The van der Waals surface area contributed by atoms with Gasteiger partial charge in [0.05, 0.1) is 16.0 Å². The van der Waals surface area contributed by atoms with Gasteiger partial charge in [0.2, 0.25) is 15.9 Å². The van der Waals surface area contributed by atoms with Crippen molar-refractivity contribution in [2.24, 2.45) is 0 Å². The van der Waals surface area contributed by atoms with Gasteiger partial charge in [0.1, 0.15) is 0 Å². The molecule has 0 saturated carbocycles. The van der Waals surface area contributed by atoms with Crippen LogP contribution in [0.15, 0.2) is 56.6 Å². The summed E-state index contributed by atoms with van der Waals surface area (Å²) in [6.45, 7) is -0.191. The molecular formula is C18H16F3N3O5S. The van der Waals surface area contributed by atoms with Crippen molar-refractivity contribution >= 4 is 27.0 Å². The van der Waals surface area contributed by atoms with Gasteiger partial charge in [0.25, 0.3) is 0 Å². The second-order valence-electron chi connectivity index (χ2n) is 6.29. The molecule has 0 atom stereocenters. The Morgan fingerprint density at radius 2 is 1.80 bits per heavy atom. The molecule has 2 aromatic carbocycles. The van der Waals surface area contributed by atoms with Gasteiger partial charge in [-0.2, -0.15) is 13.2 Å². The van der Waals surface area contributed by atoms with Gasteiger partial charge in [0, 0.05) is 25.6 Å². The van der Waals surface area contributed by atoms with E-state index in [1.165, 1.54) is 30.3 Å². The molecule has 0 spiro atoms. The fourth-order valence-corrected chi connectivity index (χ4v) is 3.62. The van der Waals surface area contributed by atoms with Gasteiger partial charge in [-0.05, 0) is 29.8 Å². The van der Waals surface area contributed by atoms with Gasteiger partial charge in [-0.1, -0.05) is 12.1 Å². The molecule has 3 N–H and O–H groups in total. The quantitative estimate of drug-likeness (QED) is 0.517. The standard InChI is InChI=1S/C18H16F3N3O5S/c19-18(20,21)12-3-1-11(2-4-12)10-22-16(25)7-8-23-30(27,28)13-5-6-14-15(9-13)29-17(26)24-14/h1-6,9,23H,7-8,10H2,(H,22,25)(H,24,26). The summed E-state index contributed by atoms with van der Waals surface area (Å²) in [6, 6.07) is 8.17. The van der Waals surface area contributed by atoms with Crippen molar-refractivity contribution in [2.45, 2.75) is 24.0 Å². The number of nitrogens with one attached hydrogen (secondary N) is 3. The molecular weight excluding hydrogens is 427 g/mol. The normalized spacial score (nSPS) is 12.2. The molecule has 0 aliphatic heterocycles. The summed E-state index contributed by atoms with van der Waals surface area (Å²) in [5, 5.41) is 2.50. The smallest absolute Gasteiger partial charge is 0.408 e. The van der Waals surface area contributed by atoms with E-state index >= 15 is 0 Å². The fourth-order valence-electron chi connectivity index (χ4n) is 2.58. The van der Waals surface area contributed by atoms with Crippen LogP contribution in [0.4, 0.5) is 13.2 Å². The third-order valence-electron chi connectivity index (χ3n) is 4.12. The van der Waals surface area contributed by atoms with Crippen molar-refractivity contribution in [3.63, 3.8) is 0 Å². The van der Waals surface area contributed by atoms with Crippen LogP contribution in [0.25, 0.3) is 11.1 Å². The van der Waals surface area contributed by atoms with Crippen LogP contribution in [-0.2, 0) is 27.5 Å². The molecule has 8 nitrogen and oxygen atoms in total. The predicted molar refractivity (Wildman–Crippen MR) is 99.9 cm³/mol. The Morgan fingerprint density at radius 3 is 2.47 bits per heavy atom. The van der Waals surface area contributed by atoms with E-state index in [-0.39, 0.29) is 30.0 Å². The van der Waals surface area contributed by atoms with Gasteiger partial charge in [-0.15, -0.1) is 0 Å². The highest BCUT2D eigenvalue weighted by atomic mass is 32.2. The summed E-state index contributed by atoms with van der Waals surface area (Å²) in [7, 11) is -3.94. The summed E-state index contributed by atoms with van der Waals surface area (Å²) in [5.74, 6) is -1.19. The van der Waals surface area contributed by atoms with Crippen LogP contribution >= 0.6 is 0 Å². The molecule has 0 unspecified atom stereocenters. The number of carbonyl (C=O) groups is 1. The van der Waals surface area contributed by atoms with Crippen LogP contribution < -0.4 is 15.8 Å². The fraction of sp³-hybridized carbons (Fsp3) is 0.222. The number of carbonyl (C=O) groups excluding carboxylic acids is 1. The van der Waals surface area contributed by atoms with Crippen LogP contribution in [0.3, 0.4) is 0 Å². The topological polar surface area (TPSA) is 121 Å². The molecule has 3 aromatic rings. The number of rotatable bonds is 7. The SMILES string of the molecule is O=C(CCNS(=O)(=O)c1ccc2[nH]c(=O)oc2c1)NCc1ccc(C(F)(F)F)cc1. The van der Waals surface area contributed by atoms with Gasteiger partial charge in [-0.25, -0.2) is 17.9 Å². The Hall–Kier alpha value is -3.12. The number of amides is 1. The molecule has 1 amide bonds. The zero-order valence-electron chi connectivity index (χ0n) is 15.2. The number of benzene rings is 2. The van der Waals surface area contributed by atoms with Crippen LogP contribution in [0, 0.1) is 0 Å². The molecule has 0 saturated heterocycles. The number of aromatic nitrogens is 1. The number of halogens is 3. The number of hydrogen-bond acceptors (Lipinski definition) is 5. The van der Waals surface area contributed by atoms with Crippen molar-refractivity contribution in [2.75, 3.05) is 6.54 Å². The molecule has 160 valence electrons. The van der Waals surface area contributed by atoms with E-state index < -0.39 is 33.4 Å². The second-order valence-corrected chi connectivity index (χ2v) is 8.06. The van der Waals surface area contributed by atoms with E-state index in [4.69, 9.17) is 4.42 Å². The zero-order valence-corrected chi connectivity index (χ0v) is 16.1. The average Bonchev–Trinajstić information content (AvgIpc) is 3.05. The minimum absolute atomic E-state index is 0.00686. The Balaban J connectivity index is 1.50. The van der Waals surface area contributed by atoms with Crippen LogP contribution in [0.5, 0.6) is 0 Å². The molecule has 1 heterocycles. The van der Waals surface area contributed by atoms with Gasteiger partial charge in [-0.3, -0.25) is 9.78 Å². The Bertz CT molecular complexity index is 1210. The van der Waals surface area contributed by atoms with E-state index in [2.05, 4.69) is 15.0 Å². The van der Waals surface area contributed by atoms with E-state index in [1.54, 1.807) is 0 Å². The first-order chi connectivity index (χ1) is 14.0. The second kappa shape index (κ2) is 8.32. The molecule has 30 heavy (non-hydrogen) atoms. The number of sulfonamides is 1. The highest BCUT2D eigenvalue weighted by Crippen LogP contribution is 2.29. The van der Waals surface area contributed by atoms with Crippen molar-refractivity contribution in [3.05, 3.63) is 64.1 Å². The first kappa shape index (κ1) is 21.6. The summed E-state index contributed by atoms with van der Waals surface area (Å²) >= 11 is 0. The van der Waals surface area contributed by atoms with E-state index in [1.807, 2.05) is 0 Å². The number of alkyl halides is 3. The first-order valence-corrected chi connectivity index (χ1v) is 10.1. The van der Waals surface area contributed by atoms with Crippen molar-refractivity contribution < 1.29 is 30.8 Å². The maximum Gasteiger partial charge on any atom is 0.417 e. The van der Waals surface area contributed by atoms with E-state index in [0.29, 0.717) is 11.1 Å². The predicted octanol–water partition coefficient (Wildman–Crippen LogP) is 2.12. The Kier molecular flexibility index (Phi) is 5.99. The minimum Gasteiger partial charge on any atom is -0.408 e. The monoisotopic (exact) mass is 443 g/mol. The van der Waals surface area contributed by atoms with Crippen molar-refractivity contribution in [1.82, 2.24) is 15.0 Å². The molecule has 0 aliphatic rings. The van der Waals surface area contributed by atoms with Gasteiger partial charge < -0.3 is 9.73 Å². The lowest BCUT2D eigenvalue weighted by atomic mass is 10.1. The summed E-state index contributed by atoms with van der Waals surface area (Å²) in [6.07, 6.45) is -4.61. The molecule has 0 radical (unpaired) electrons. The summed E-state index contributed by atoms with van der Waals surface area (Å²) in [4.78, 5) is 25.3. The van der Waals surface area contributed by atoms with Crippen molar-refractivity contribution in [1.29, 1.82) is 0 Å². The molecule has 12 heteroatoms. The largest absolute Gasteiger partial charge is 0.417 e. The third-order valence-corrected chi connectivity index (χ3v) is 5.58. The molecule has 0 fully saturated rings. The maximum absolute atomic E-state index is 12.5. The van der Waals surface area contributed by atoms with Gasteiger partial charge in [0.15, 0.2) is 5.58 Å². The molecule has 3 rings (SSSR count). The first-order valence-electron chi connectivity index (χ1n) is 8.60. The average molecular weight is 443 g/mol. The number of H-pyrrole nitrogens is 1. The molecule has 0 bridgehead atoms. The van der Waals surface area contributed by atoms with E-state index in [0.717, 1.165) is 12.1 Å². The Labute approximate surface area is 168 Å².